The van der Waals surface area contributed by atoms with Crippen LogP contribution in [-0.2, 0) is 9.59 Å². The molecule has 0 saturated heterocycles. The summed E-state index contributed by atoms with van der Waals surface area (Å²) >= 11 is 0. The lowest BCUT2D eigenvalue weighted by molar-refractivity contribution is -0.113. The van der Waals surface area contributed by atoms with Gasteiger partial charge in [0, 0.05) is 49.0 Å². The quantitative estimate of drug-likeness (QED) is 0.765. The van der Waals surface area contributed by atoms with E-state index in [2.05, 4.69) is 27.1 Å². The highest BCUT2D eigenvalue weighted by Crippen LogP contribution is 2.32. The van der Waals surface area contributed by atoms with Gasteiger partial charge in [-0.05, 0) is 25.5 Å². The molecule has 2 aromatic rings. The van der Waals surface area contributed by atoms with Crippen molar-refractivity contribution in [1.29, 1.82) is 0 Å². The summed E-state index contributed by atoms with van der Waals surface area (Å²) in [5.74, 6) is -0.501. The first-order valence-corrected chi connectivity index (χ1v) is 9.20. The molecule has 0 radical (unpaired) electrons. The predicted octanol–water partition coefficient (Wildman–Crippen LogP) is 2.18. The smallest absolute Gasteiger partial charge is 0.279 e. The molecular weight excluding hydrogens is 356 g/mol. The maximum Gasteiger partial charge on any atom is 0.279 e. The summed E-state index contributed by atoms with van der Waals surface area (Å²) in [7, 11) is 1.67. The van der Waals surface area contributed by atoms with Crippen molar-refractivity contribution in [3.05, 3.63) is 48.0 Å². The summed E-state index contributed by atoms with van der Waals surface area (Å²) in [6.45, 7) is 4.09. The van der Waals surface area contributed by atoms with Gasteiger partial charge in [-0.15, -0.1) is 10.2 Å². The van der Waals surface area contributed by atoms with Gasteiger partial charge in [0.2, 0.25) is 0 Å². The first kappa shape index (κ1) is 18.0. The van der Waals surface area contributed by atoms with E-state index in [4.69, 9.17) is 0 Å². The monoisotopic (exact) mass is 376 g/mol. The number of likely N-dealkylation sites (N-methyl/N-ethyl adjacent to an activating group) is 1. The average molecular weight is 376 g/mol. The minimum atomic E-state index is -0.277. The van der Waals surface area contributed by atoms with E-state index in [1.165, 1.54) is 4.90 Å². The van der Waals surface area contributed by atoms with Gasteiger partial charge in [-0.1, -0.05) is 13.3 Å². The van der Waals surface area contributed by atoms with Gasteiger partial charge >= 0.3 is 0 Å². The van der Waals surface area contributed by atoms with Gasteiger partial charge in [-0.2, -0.15) is 0 Å². The van der Waals surface area contributed by atoms with Crippen LogP contribution in [0, 0.1) is 0 Å². The molecule has 0 saturated carbocycles. The van der Waals surface area contributed by atoms with Gasteiger partial charge in [0.25, 0.3) is 11.8 Å². The highest BCUT2D eigenvalue weighted by Gasteiger charge is 2.37. The van der Waals surface area contributed by atoms with E-state index in [-0.39, 0.29) is 29.3 Å². The number of anilines is 2. The number of hydrogen-bond donors (Lipinski definition) is 0. The SMILES string of the molecule is CCCC(C)N1C(=O)/C(=N\N=C2/C(=O)N(C)c3ccncc32)c2cnccc21. The van der Waals surface area contributed by atoms with Crippen molar-refractivity contribution in [2.24, 2.45) is 10.2 Å². The number of carbonyl (C=O) groups is 2. The standard InChI is InChI=1S/C20H20N6O2/c1-4-5-12(2)26-16-7-9-22-11-14(16)18(20(26)28)24-23-17-13-10-21-8-6-15(13)25(3)19(17)27/h6-12H,4-5H2,1-3H3/b23-17-,24-18-. The number of carbonyl (C=O) groups excluding carboxylic acids is 2. The normalized spacial score (nSPS) is 19.5. The molecule has 8 nitrogen and oxygen atoms in total. The summed E-state index contributed by atoms with van der Waals surface area (Å²) in [6.07, 6.45) is 8.31. The van der Waals surface area contributed by atoms with Crippen LogP contribution in [0.25, 0.3) is 0 Å². The van der Waals surface area contributed by atoms with Gasteiger partial charge < -0.3 is 9.80 Å². The Balaban J connectivity index is 1.78. The van der Waals surface area contributed by atoms with Gasteiger partial charge in [0.05, 0.1) is 11.4 Å². The van der Waals surface area contributed by atoms with Crippen LogP contribution in [-0.4, -0.2) is 46.3 Å². The fraction of sp³-hybridized carbons (Fsp3) is 0.300. The molecule has 2 aromatic heterocycles. The van der Waals surface area contributed by atoms with Crippen molar-refractivity contribution in [3.8, 4) is 0 Å². The summed E-state index contributed by atoms with van der Waals surface area (Å²) in [6, 6.07) is 3.59. The third-order valence-corrected chi connectivity index (χ3v) is 5.05. The molecule has 8 heteroatoms. The van der Waals surface area contributed by atoms with Crippen LogP contribution in [0.3, 0.4) is 0 Å². The fourth-order valence-corrected chi connectivity index (χ4v) is 3.64. The molecule has 0 spiro atoms. The van der Waals surface area contributed by atoms with Crippen LogP contribution in [0.2, 0.25) is 0 Å². The highest BCUT2D eigenvalue weighted by molar-refractivity contribution is 6.56. The molecule has 4 heterocycles. The maximum absolute atomic E-state index is 13.1. The van der Waals surface area contributed by atoms with E-state index < -0.39 is 0 Å². The second-order valence-corrected chi connectivity index (χ2v) is 6.86. The second kappa shape index (κ2) is 6.95. The van der Waals surface area contributed by atoms with E-state index in [1.54, 1.807) is 42.8 Å². The molecule has 0 aliphatic carbocycles. The molecule has 1 unspecified atom stereocenters. The van der Waals surface area contributed by atoms with Crippen LogP contribution in [0.5, 0.6) is 0 Å². The van der Waals surface area contributed by atoms with Gasteiger partial charge in [0.1, 0.15) is 0 Å². The number of fused-ring (bicyclic) bond motifs is 2. The number of rotatable bonds is 4. The second-order valence-electron chi connectivity index (χ2n) is 6.86. The summed E-state index contributed by atoms with van der Waals surface area (Å²) in [5, 5.41) is 8.37. The van der Waals surface area contributed by atoms with Crippen LogP contribution in [0.1, 0.15) is 37.8 Å². The predicted molar refractivity (Wildman–Crippen MR) is 107 cm³/mol. The lowest BCUT2D eigenvalue weighted by atomic mass is 10.1. The number of amides is 2. The summed E-state index contributed by atoms with van der Waals surface area (Å²) in [5.41, 5.74) is 3.11. The van der Waals surface area contributed by atoms with Crippen molar-refractivity contribution >= 4 is 34.6 Å². The lowest BCUT2D eigenvalue weighted by Gasteiger charge is -2.24. The first-order valence-electron chi connectivity index (χ1n) is 9.20. The molecule has 28 heavy (non-hydrogen) atoms. The lowest BCUT2D eigenvalue weighted by Crippen LogP contribution is -2.37. The number of nitrogens with zero attached hydrogens (tertiary/aromatic N) is 6. The zero-order valence-electron chi connectivity index (χ0n) is 16.0. The Morgan fingerprint density at radius 2 is 1.54 bits per heavy atom. The number of hydrogen-bond acceptors (Lipinski definition) is 6. The maximum atomic E-state index is 13.1. The number of pyridine rings is 2. The number of aromatic nitrogens is 2. The summed E-state index contributed by atoms with van der Waals surface area (Å²) in [4.78, 5) is 37.0. The fourth-order valence-electron chi connectivity index (χ4n) is 3.64. The Morgan fingerprint density at radius 3 is 2.18 bits per heavy atom. The van der Waals surface area contributed by atoms with Crippen LogP contribution in [0.15, 0.2) is 47.1 Å². The Morgan fingerprint density at radius 1 is 0.964 bits per heavy atom. The Bertz CT molecular complexity index is 1030. The molecule has 0 fully saturated rings. The molecule has 2 amide bonds. The topological polar surface area (TPSA) is 91.1 Å². The van der Waals surface area contributed by atoms with Crippen molar-refractivity contribution in [3.63, 3.8) is 0 Å². The van der Waals surface area contributed by atoms with Gasteiger partial charge in [0.15, 0.2) is 11.4 Å². The Hall–Kier alpha value is -3.42. The van der Waals surface area contributed by atoms with Crippen molar-refractivity contribution in [2.45, 2.75) is 32.7 Å². The van der Waals surface area contributed by atoms with E-state index >= 15 is 0 Å². The molecule has 2 aliphatic heterocycles. The van der Waals surface area contributed by atoms with Crippen molar-refractivity contribution in [1.82, 2.24) is 9.97 Å². The zero-order chi connectivity index (χ0) is 19.8. The molecule has 1 atom stereocenters. The highest BCUT2D eigenvalue weighted by atomic mass is 16.2. The van der Waals surface area contributed by atoms with E-state index in [0.29, 0.717) is 11.1 Å². The van der Waals surface area contributed by atoms with Crippen LogP contribution >= 0.6 is 0 Å². The molecule has 4 rings (SSSR count). The third-order valence-electron chi connectivity index (χ3n) is 5.05. The van der Waals surface area contributed by atoms with Crippen molar-refractivity contribution < 1.29 is 9.59 Å². The molecule has 2 aliphatic rings. The Kier molecular flexibility index (Phi) is 4.46. The molecular formula is C20H20N6O2. The largest absolute Gasteiger partial charge is 0.309 e. The van der Waals surface area contributed by atoms with Crippen LogP contribution < -0.4 is 9.80 Å². The van der Waals surface area contributed by atoms with Gasteiger partial charge in [-0.25, -0.2) is 0 Å². The zero-order valence-corrected chi connectivity index (χ0v) is 16.0. The Labute approximate surface area is 162 Å². The van der Waals surface area contributed by atoms with Crippen molar-refractivity contribution in [2.75, 3.05) is 16.8 Å². The van der Waals surface area contributed by atoms with Crippen LogP contribution in [0.4, 0.5) is 11.4 Å². The van der Waals surface area contributed by atoms with E-state index in [1.807, 2.05) is 13.0 Å². The van der Waals surface area contributed by atoms with Gasteiger partial charge in [-0.3, -0.25) is 19.6 Å². The first-order chi connectivity index (χ1) is 13.5. The third kappa shape index (κ3) is 2.69. The minimum Gasteiger partial charge on any atom is -0.309 e. The van der Waals surface area contributed by atoms with E-state index in [9.17, 15) is 9.59 Å². The molecule has 142 valence electrons. The average Bonchev–Trinajstić information content (AvgIpc) is 3.12. The molecule has 0 N–H and O–H groups in total. The molecule has 0 bridgehead atoms. The van der Waals surface area contributed by atoms with E-state index in [0.717, 1.165) is 24.2 Å². The summed E-state index contributed by atoms with van der Waals surface area (Å²) < 4.78 is 0. The minimum absolute atomic E-state index is 0.0307. The molecule has 0 aromatic carbocycles.